The molecule has 2 heterocycles. The van der Waals surface area contributed by atoms with Crippen LogP contribution >= 0.6 is 0 Å². The number of hydrogen-bond acceptors (Lipinski definition) is 2. The van der Waals surface area contributed by atoms with Gasteiger partial charge in [-0.1, -0.05) is 20.8 Å². The van der Waals surface area contributed by atoms with Crippen LogP contribution in [0.3, 0.4) is 0 Å². The summed E-state index contributed by atoms with van der Waals surface area (Å²) in [6.07, 6.45) is 3.35. The summed E-state index contributed by atoms with van der Waals surface area (Å²) in [6, 6.07) is 0.608. The van der Waals surface area contributed by atoms with Crippen molar-refractivity contribution in [3.05, 3.63) is 0 Å². The fourth-order valence-electron chi connectivity index (χ4n) is 3.06. The molecule has 0 radical (unpaired) electrons. The van der Waals surface area contributed by atoms with Gasteiger partial charge in [0.25, 0.3) is 0 Å². The van der Waals surface area contributed by atoms with Crippen molar-refractivity contribution in [2.75, 3.05) is 32.7 Å². The summed E-state index contributed by atoms with van der Waals surface area (Å²) >= 11 is 0. The van der Waals surface area contributed by atoms with Crippen LogP contribution in [0.2, 0.25) is 0 Å². The van der Waals surface area contributed by atoms with Gasteiger partial charge in [0.1, 0.15) is 0 Å². The van der Waals surface area contributed by atoms with Gasteiger partial charge >= 0.3 is 6.03 Å². The normalized spacial score (nSPS) is 24.2. The van der Waals surface area contributed by atoms with Gasteiger partial charge in [-0.3, -0.25) is 0 Å². The Morgan fingerprint density at radius 3 is 2.44 bits per heavy atom. The molecule has 0 bridgehead atoms. The van der Waals surface area contributed by atoms with E-state index in [4.69, 9.17) is 0 Å². The lowest BCUT2D eigenvalue weighted by Crippen LogP contribution is -2.54. The van der Waals surface area contributed by atoms with Gasteiger partial charge < -0.3 is 15.1 Å². The lowest BCUT2D eigenvalue weighted by atomic mass is 9.94. The molecule has 2 rings (SSSR count). The number of amides is 2. The van der Waals surface area contributed by atoms with E-state index in [0.717, 1.165) is 52.0 Å². The van der Waals surface area contributed by atoms with Crippen LogP contribution in [0.1, 0.15) is 40.0 Å². The fourth-order valence-corrected chi connectivity index (χ4v) is 3.06. The molecule has 2 saturated heterocycles. The number of piperidine rings is 1. The maximum Gasteiger partial charge on any atom is 0.317 e. The van der Waals surface area contributed by atoms with E-state index < -0.39 is 0 Å². The van der Waals surface area contributed by atoms with E-state index in [9.17, 15) is 4.79 Å². The standard InChI is InChI=1S/C14H27N3O/c1-14(2,3)11-16-9-5-12(6-10-16)17-8-4-7-15-13(17)18/h12H,4-11H2,1-3H3,(H,15,18). The number of hydrogen-bond donors (Lipinski definition) is 1. The van der Waals surface area contributed by atoms with Crippen molar-refractivity contribution in [2.45, 2.75) is 46.1 Å². The van der Waals surface area contributed by atoms with Gasteiger partial charge in [-0.25, -0.2) is 4.79 Å². The second-order valence-electron chi connectivity index (χ2n) is 6.85. The number of rotatable bonds is 2. The molecule has 0 aliphatic carbocycles. The van der Waals surface area contributed by atoms with Crippen LogP contribution in [0.15, 0.2) is 0 Å². The smallest absolute Gasteiger partial charge is 0.317 e. The molecule has 0 unspecified atom stereocenters. The molecule has 18 heavy (non-hydrogen) atoms. The van der Waals surface area contributed by atoms with Gasteiger partial charge in [-0.15, -0.1) is 0 Å². The first-order valence-electron chi connectivity index (χ1n) is 7.22. The zero-order chi connectivity index (χ0) is 13.2. The Balaban J connectivity index is 1.81. The van der Waals surface area contributed by atoms with E-state index in [0.29, 0.717) is 11.5 Å². The average Bonchev–Trinajstić information content (AvgIpc) is 2.29. The molecule has 0 aromatic heterocycles. The first-order valence-corrected chi connectivity index (χ1v) is 7.22. The van der Waals surface area contributed by atoms with Crippen LogP contribution in [0.4, 0.5) is 4.79 Å². The molecule has 2 aliphatic rings. The van der Waals surface area contributed by atoms with E-state index >= 15 is 0 Å². The van der Waals surface area contributed by atoms with Gasteiger partial charge in [-0.05, 0) is 24.7 Å². The Labute approximate surface area is 111 Å². The van der Waals surface area contributed by atoms with Crippen LogP contribution in [0.5, 0.6) is 0 Å². The third-order valence-electron chi connectivity index (χ3n) is 3.81. The SMILES string of the molecule is CC(C)(C)CN1CCC(N2CCCNC2=O)CC1. The number of urea groups is 1. The number of carbonyl (C=O) groups is 1. The highest BCUT2D eigenvalue weighted by molar-refractivity contribution is 5.75. The zero-order valence-electron chi connectivity index (χ0n) is 12.0. The summed E-state index contributed by atoms with van der Waals surface area (Å²) in [5.41, 5.74) is 0.370. The van der Waals surface area contributed by atoms with Crippen molar-refractivity contribution < 1.29 is 4.79 Å². The average molecular weight is 253 g/mol. The summed E-state index contributed by atoms with van der Waals surface area (Å²) in [5, 5.41) is 2.95. The summed E-state index contributed by atoms with van der Waals surface area (Å²) in [4.78, 5) is 16.4. The summed E-state index contributed by atoms with van der Waals surface area (Å²) in [6.45, 7) is 12.1. The first-order chi connectivity index (χ1) is 8.46. The van der Waals surface area contributed by atoms with Crippen LogP contribution in [-0.2, 0) is 0 Å². The first kappa shape index (κ1) is 13.7. The maximum atomic E-state index is 11.8. The Morgan fingerprint density at radius 2 is 1.89 bits per heavy atom. The number of nitrogens with one attached hydrogen (secondary N) is 1. The molecule has 0 saturated carbocycles. The van der Waals surface area contributed by atoms with Crippen molar-refractivity contribution in [3.63, 3.8) is 0 Å². The molecule has 0 atom stereocenters. The summed E-state index contributed by atoms with van der Waals surface area (Å²) < 4.78 is 0. The van der Waals surface area contributed by atoms with Crippen molar-refractivity contribution in [1.29, 1.82) is 0 Å². The van der Waals surface area contributed by atoms with Crippen molar-refractivity contribution in [1.82, 2.24) is 15.1 Å². The van der Waals surface area contributed by atoms with E-state index in [1.54, 1.807) is 0 Å². The zero-order valence-corrected chi connectivity index (χ0v) is 12.0. The minimum atomic E-state index is 0.149. The van der Waals surface area contributed by atoms with Crippen molar-refractivity contribution in [3.8, 4) is 0 Å². The summed E-state index contributed by atoms with van der Waals surface area (Å²) in [7, 11) is 0. The molecule has 2 fully saturated rings. The molecule has 2 amide bonds. The largest absolute Gasteiger partial charge is 0.338 e. The third kappa shape index (κ3) is 3.61. The highest BCUT2D eigenvalue weighted by atomic mass is 16.2. The molecular weight excluding hydrogens is 226 g/mol. The van der Waals surface area contributed by atoms with E-state index in [1.807, 2.05) is 0 Å². The number of likely N-dealkylation sites (tertiary alicyclic amines) is 1. The Kier molecular flexibility index (Phi) is 4.15. The predicted molar refractivity (Wildman–Crippen MR) is 73.6 cm³/mol. The second kappa shape index (κ2) is 5.47. The lowest BCUT2D eigenvalue weighted by molar-refractivity contribution is 0.0944. The van der Waals surface area contributed by atoms with Crippen molar-refractivity contribution >= 4 is 6.03 Å². The van der Waals surface area contributed by atoms with Gasteiger partial charge in [0, 0.05) is 38.8 Å². The highest BCUT2D eigenvalue weighted by Crippen LogP contribution is 2.22. The second-order valence-corrected chi connectivity index (χ2v) is 6.85. The molecule has 4 nitrogen and oxygen atoms in total. The quantitative estimate of drug-likeness (QED) is 0.816. The molecule has 104 valence electrons. The minimum Gasteiger partial charge on any atom is -0.338 e. The molecule has 2 aliphatic heterocycles. The van der Waals surface area contributed by atoms with Gasteiger partial charge in [-0.2, -0.15) is 0 Å². The maximum absolute atomic E-state index is 11.8. The van der Waals surface area contributed by atoms with Gasteiger partial charge in [0.2, 0.25) is 0 Å². The number of carbonyl (C=O) groups excluding carboxylic acids is 1. The molecule has 0 aromatic carbocycles. The van der Waals surface area contributed by atoms with Crippen LogP contribution in [0.25, 0.3) is 0 Å². The lowest BCUT2D eigenvalue weighted by Gasteiger charge is -2.41. The Bertz CT molecular complexity index is 290. The molecule has 4 heteroatoms. The summed E-state index contributed by atoms with van der Waals surface area (Å²) in [5.74, 6) is 0. The minimum absolute atomic E-state index is 0.149. The van der Waals surface area contributed by atoms with E-state index in [2.05, 4.69) is 35.9 Å². The fraction of sp³-hybridized carbons (Fsp3) is 0.929. The molecule has 1 N–H and O–H groups in total. The monoisotopic (exact) mass is 253 g/mol. The van der Waals surface area contributed by atoms with E-state index in [1.165, 1.54) is 0 Å². The van der Waals surface area contributed by atoms with Gasteiger partial charge in [0.05, 0.1) is 0 Å². The van der Waals surface area contributed by atoms with E-state index in [-0.39, 0.29) is 6.03 Å². The third-order valence-corrected chi connectivity index (χ3v) is 3.81. The molecular formula is C14H27N3O. The Morgan fingerprint density at radius 1 is 1.22 bits per heavy atom. The van der Waals surface area contributed by atoms with Crippen LogP contribution in [-0.4, -0.2) is 54.6 Å². The van der Waals surface area contributed by atoms with Crippen LogP contribution in [0, 0.1) is 5.41 Å². The van der Waals surface area contributed by atoms with Crippen LogP contribution < -0.4 is 5.32 Å². The van der Waals surface area contributed by atoms with Gasteiger partial charge in [0.15, 0.2) is 0 Å². The highest BCUT2D eigenvalue weighted by Gasteiger charge is 2.30. The molecule has 0 aromatic rings. The predicted octanol–water partition coefficient (Wildman–Crippen LogP) is 1.91. The topological polar surface area (TPSA) is 35.6 Å². The molecule has 0 spiro atoms. The Hall–Kier alpha value is -0.770. The number of nitrogens with zero attached hydrogens (tertiary/aromatic N) is 2. The van der Waals surface area contributed by atoms with Crippen molar-refractivity contribution in [2.24, 2.45) is 5.41 Å².